The molecule has 1 N–H and O–H groups in total. The second-order valence-corrected chi connectivity index (χ2v) is 4.63. The van der Waals surface area contributed by atoms with Gasteiger partial charge < -0.3 is 5.32 Å². The third-order valence-electron chi connectivity index (χ3n) is 3.20. The molecule has 4 nitrogen and oxygen atoms in total. The second kappa shape index (κ2) is 5.27. The van der Waals surface area contributed by atoms with Crippen LogP contribution >= 0.6 is 0 Å². The first kappa shape index (κ1) is 12.0. The Morgan fingerprint density at radius 1 is 1.29 bits per heavy atom. The maximum Gasteiger partial charge on any atom is 0.160 e. The summed E-state index contributed by atoms with van der Waals surface area (Å²) in [5, 5.41) is 11.9. The van der Waals surface area contributed by atoms with Crippen LogP contribution in [-0.4, -0.2) is 21.1 Å². The lowest BCUT2D eigenvalue weighted by atomic mass is 10.1. The van der Waals surface area contributed by atoms with E-state index in [2.05, 4.69) is 36.3 Å². The Balaban J connectivity index is 2.11. The molecule has 0 radical (unpaired) electrons. The topological polar surface area (TPSA) is 42.2 Å². The van der Waals surface area contributed by atoms with Crippen molar-refractivity contribution in [2.75, 3.05) is 6.54 Å². The number of fused-ring (bicyclic) bond motifs is 1. The van der Waals surface area contributed by atoms with Gasteiger partial charge in [0.2, 0.25) is 0 Å². The number of nitrogens with one attached hydrogen (secondary N) is 1. The highest BCUT2D eigenvalue weighted by molar-refractivity contribution is 5.37. The molecular weight excluding hydrogens is 212 g/mol. The largest absolute Gasteiger partial charge is 0.307 e. The normalized spacial score (nSPS) is 15.0. The fourth-order valence-corrected chi connectivity index (χ4v) is 1.77. The minimum atomic E-state index is 0.224. The van der Waals surface area contributed by atoms with Crippen LogP contribution in [0.3, 0.4) is 0 Å². The molecule has 0 saturated carbocycles. The number of rotatable bonds is 5. The predicted octanol–water partition coefficient (Wildman–Crippen LogP) is 2.43. The first-order valence-electron chi connectivity index (χ1n) is 6.25. The van der Waals surface area contributed by atoms with Crippen molar-refractivity contribution in [1.29, 1.82) is 0 Å². The van der Waals surface area contributed by atoms with Crippen LogP contribution in [0.2, 0.25) is 0 Å². The van der Waals surface area contributed by atoms with E-state index in [1.165, 1.54) is 6.42 Å². The zero-order valence-electron chi connectivity index (χ0n) is 10.7. The summed E-state index contributed by atoms with van der Waals surface area (Å²) in [6, 6.07) is 6.17. The third kappa shape index (κ3) is 2.64. The number of hydrogen-bond acceptors (Lipinski definition) is 3. The number of pyridine rings is 1. The maximum absolute atomic E-state index is 4.25. The zero-order valence-corrected chi connectivity index (χ0v) is 10.7. The molecule has 4 heteroatoms. The van der Waals surface area contributed by atoms with Crippen LogP contribution in [0.5, 0.6) is 0 Å². The van der Waals surface area contributed by atoms with Gasteiger partial charge in [-0.3, -0.25) is 4.40 Å². The van der Waals surface area contributed by atoms with E-state index < -0.39 is 0 Å². The lowest BCUT2D eigenvalue weighted by Gasteiger charge is -2.15. The van der Waals surface area contributed by atoms with E-state index in [0.717, 1.165) is 18.0 Å². The number of aromatic nitrogens is 3. The molecule has 2 aromatic heterocycles. The lowest BCUT2D eigenvalue weighted by molar-refractivity contribution is 0.449. The average Bonchev–Trinajstić information content (AvgIpc) is 2.79. The number of nitrogens with zero attached hydrogens (tertiary/aromatic N) is 3. The SMILES string of the molecule is CCC(C)CNC(C)c1nnc2ccccn12. The van der Waals surface area contributed by atoms with E-state index >= 15 is 0 Å². The summed E-state index contributed by atoms with van der Waals surface area (Å²) in [7, 11) is 0. The number of hydrogen-bond donors (Lipinski definition) is 1. The molecule has 0 aromatic carbocycles. The summed E-state index contributed by atoms with van der Waals surface area (Å²) in [6.07, 6.45) is 3.20. The van der Waals surface area contributed by atoms with Gasteiger partial charge >= 0.3 is 0 Å². The fourth-order valence-electron chi connectivity index (χ4n) is 1.77. The molecule has 2 aromatic rings. The van der Waals surface area contributed by atoms with Gasteiger partial charge in [0.15, 0.2) is 11.5 Å². The quantitative estimate of drug-likeness (QED) is 0.861. The molecule has 0 aliphatic heterocycles. The molecule has 0 aliphatic carbocycles. The van der Waals surface area contributed by atoms with Crippen molar-refractivity contribution in [2.24, 2.45) is 5.92 Å². The van der Waals surface area contributed by atoms with E-state index in [0.29, 0.717) is 5.92 Å². The molecule has 0 bridgehead atoms. The third-order valence-corrected chi connectivity index (χ3v) is 3.20. The Kier molecular flexibility index (Phi) is 3.74. The smallest absolute Gasteiger partial charge is 0.160 e. The molecule has 0 aliphatic rings. The molecule has 0 amide bonds. The Hall–Kier alpha value is -1.42. The van der Waals surface area contributed by atoms with Crippen LogP contribution in [0.15, 0.2) is 24.4 Å². The molecule has 0 fully saturated rings. The van der Waals surface area contributed by atoms with Gasteiger partial charge in [-0.05, 0) is 31.5 Å². The van der Waals surface area contributed by atoms with Crippen LogP contribution in [0.25, 0.3) is 5.65 Å². The molecule has 92 valence electrons. The van der Waals surface area contributed by atoms with Crippen molar-refractivity contribution in [3.05, 3.63) is 30.2 Å². The van der Waals surface area contributed by atoms with Gasteiger partial charge in [0.05, 0.1) is 6.04 Å². The second-order valence-electron chi connectivity index (χ2n) is 4.63. The average molecular weight is 232 g/mol. The van der Waals surface area contributed by atoms with Gasteiger partial charge in [0.25, 0.3) is 0 Å². The van der Waals surface area contributed by atoms with Crippen molar-refractivity contribution >= 4 is 5.65 Å². The standard InChI is InChI=1S/C13H20N4/c1-4-10(2)9-14-11(3)13-16-15-12-7-5-6-8-17(12)13/h5-8,10-11,14H,4,9H2,1-3H3. The first-order valence-corrected chi connectivity index (χ1v) is 6.25. The minimum absolute atomic E-state index is 0.224. The van der Waals surface area contributed by atoms with Crippen LogP contribution in [-0.2, 0) is 0 Å². The van der Waals surface area contributed by atoms with Crippen molar-refractivity contribution in [1.82, 2.24) is 19.9 Å². The van der Waals surface area contributed by atoms with Gasteiger partial charge in [-0.15, -0.1) is 10.2 Å². The van der Waals surface area contributed by atoms with Gasteiger partial charge in [0.1, 0.15) is 0 Å². The van der Waals surface area contributed by atoms with Crippen LogP contribution in [0.4, 0.5) is 0 Å². The Labute approximate surface area is 102 Å². The highest BCUT2D eigenvalue weighted by Crippen LogP contribution is 2.12. The lowest BCUT2D eigenvalue weighted by Crippen LogP contribution is -2.25. The van der Waals surface area contributed by atoms with E-state index in [1.54, 1.807) is 0 Å². The molecule has 2 unspecified atom stereocenters. The molecular formula is C13H20N4. The Bertz CT molecular complexity index is 477. The molecule has 0 saturated heterocycles. The molecule has 2 rings (SSSR count). The first-order chi connectivity index (χ1) is 8.22. The van der Waals surface area contributed by atoms with E-state index in [9.17, 15) is 0 Å². The monoisotopic (exact) mass is 232 g/mol. The van der Waals surface area contributed by atoms with Crippen LogP contribution in [0, 0.1) is 5.92 Å². The molecule has 2 heterocycles. The highest BCUT2D eigenvalue weighted by Gasteiger charge is 2.12. The maximum atomic E-state index is 4.25. The summed E-state index contributed by atoms with van der Waals surface area (Å²) < 4.78 is 2.04. The van der Waals surface area contributed by atoms with Crippen molar-refractivity contribution in [3.63, 3.8) is 0 Å². The predicted molar refractivity (Wildman–Crippen MR) is 68.9 cm³/mol. The van der Waals surface area contributed by atoms with Crippen molar-refractivity contribution in [2.45, 2.75) is 33.2 Å². The van der Waals surface area contributed by atoms with Gasteiger partial charge in [0, 0.05) is 6.20 Å². The van der Waals surface area contributed by atoms with Gasteiger partial charge in [-0.25, -0.2) is 0 Å². The Morgan fingerprint density at radius 3 is 2.88 bits per heavy atom. The van der Waals surface area contributed by atoms with E-state index in [-0.39, 0.29) is 6.04 Å². The van der Waals surface area contributed by atoms with Crippen LogP contribution in [0.1, 0.15) is 39.1 Å². The van der Waals surface area contributed by atoms with Crippen molar-refractivity contribution < 1.29 is 0 Å². The highest BCUT2D eigenvalue weighted by atomic mass is 15.3. The van der Waals surface area contributed by atoms with E-state index in [1.807, 2.05) is 28.8 Å². The van der Waals surface area contributed by atoms with E-state index in [4.69, 9.17) is 0 Å². The van der Waals surface area contributed by atoms with Gasteiger partial charge in [-0.2, -0.15) is 0 Å². The fraction of sp³-hybridized carbons (Fsp3) is 0.538. The van der Waals surface area contributed by atoms with Crippen LogP contribution < -0.4 is 5.32 Å². The van der Waals surface area contributed by atoms with Gasteiger partial charge in [-0.1, -0.05) is 26.3 Å². The molecule has 17 heavy (non-hydrogen) atoms. The summed E-state index contributed by atoms with van der Waals surface area (Å²) in [5.74, 6) is 1.67. The Morgan fingerprint density at radius 2 is 2.12 bits per heavy atom. The summed E-state index contributed by atoms with van der Waals surface area (Å²) >= 11 is 0. The summed E-state index contributed by atoms with van der Waals surface area (Å²) in [6.45, 7) is 7.61. The molecule has 2 atom stereocenters. The summed E-state index contributed by atoms with van der Waals surface area (Å²) in [5.41, 5.74) is 0.902. The van der Waals surface area contributed by atoms with Crippen molar-refractivity contribution in [3.8, 4) is 0 Å². The minimum Gasteiger partial charge on any atom is -0.307 e. The zero-order chi connectivity index (χ0) is 12.3. The summed E-state index contributed by atoms with van der Waals surface area (Å²) in [4.78, 5) is 0. The molecule has 0 spiro atoms.